The molecule has 1 saturated heterocycles. The summed E-state index contributed by atoms with van der Waals surface area (Å²) < 4.78 is 0. The van der Waals surface area contributed by atoms with Crippen molar-refractivity contribution in [1.29, 1.82) is 0 Å². The zero-order valence-corrected chi connectivity index (χ0v) is 18.8. The van der Waals surface area contributed by atoms with Crippen molar-refractivity contribution in [3.8, 4) is 10.4 Å². The molecule has 2 amide bonds. The summed E-state index contributed by atoms with van der Waals surface area (Å²) in [4.78, 5) is 35.2. The van der Waals surface area contributed by atoms with Gasteiger partial charge in [0.2, 0.25) is 5.91 Å². The van der Waals surface area contributed by atoms with E-state index < -0.39 is 5.41 Å². The molecule has 1 atom stereocenters. The molecule has 1 aromatic carbocycles. The van der Waals surface area contributed by atoms with E-state index in [9.17, 15) is 9.59 Å². The molecule has 0 unspecified atom stereocenters. The maximum atomic E-state index is 13.4. The minimum Gasteiger partial charge on any atom is -0.348 e. The number of rotatable bonds is 5. The number of amides is 2. The molecule has 1 fully saturated rings. The molecule has 6 heteroatoms. The van der Waals surface area contributed by atoms with Crippen LogP contribution in [0.1, 0.15) is 28.8 Å². The highest BCUT2D eigenvalue weighted by Gasteiger charge is 2.44. The first-order valence-corrected chi connectivity index (χ1v) is 11.4. The Kier molecular flexibility index (Phi) is 6.18. The van der Waals surface area contributed by atoms with Crippen LogP contribution in [0.2, 0.25) is 0 Å². The number of hydrogen-bond donors (Lipinski definition) is 0. The molecule has 0 bridgehead atoms. The summed E-state index contributed by atoms with van der Waals surface area (Å²) in [7, 11) is 3.60. The van der Waals surface area contributed by atoms with Crippen LogP contribution in [-0.4, -0.2) is 53.8 Å². The smallest absolute Gasteiger partial charge is 0.253 e. The number of thiophene rings is 1. The lowest BCUT2D eigenvalue weighted by Crippen LogP contribution is -2.54. The van der Waals surface area contributed by atoms with Crippen molar-refractivity contribution in [3.63, 3.8) is 0 Å². The first-order valence-electron chi connectivity index (χ1n) is 10.5. The second-order valence-corrected chi connectivity index (χ2v) is 9.34. The number of nitrogens with zero attached hydrogens (tertiary/aromatic N) is 3. The van der Waals surface area contributed by atoms with Crippen LogP contribution in [0.5, 0.6) is 0 Å². The molecule has 0 spiro atoms. The molecule has 0 radical (unpaired) electrons. The number of likely N-dealkylation sites (tertiary alicyclic amines) is 1. The summed E-state index contributed by atoms with van der Waals surface area (Å²) in [6, 6.07) is 16.1. The van der Waals surface area contributed by atoms with Gasteiger partial charge in [0.1, 0.15) is 0 Å². The molecule has 3 heterocycles. The van der Waals surface area contributed by atoms with Crippen LogP contribution in [0.25, 0.3) is 10.4 Å². The average Bonchev–Trinajstić information content (AvgIpc) is 3.34. The molecular weight excluding hydrogens is 406 g/mol. The van der Waals surface area contributed by atoms with Crippen molar-refractivity contribution < 1.29 is 9.59 Å². The highest BCUT2D eigenvalue weighted by atomic mass is 32.1. The topological polar surface area (TPSA) is 53.5 Å². The van der Waals surface area contributed by atoms with E-state index in [0.29, 0.717) is 25.1 Å². The summed E-state index contributed by atoms with van der Waals surface area (Å²) in [5.74, 6) is 0.0492. The fourth-order valence-corrected chi connectivity index (χ4v) is 5.20. The van der Waals surface area contributed by atoms with E-state index in [0.717, 1.165) is 18.4 Å². The zero-order chi connectivity index (χ0) is 21.8. The molecule has 5 nitrogen and oxygen atoms in total. The number of piperidine rings is 1. The van der Waals surface area contributed by atoms with Gasteiger partial charge in [0.05, 0.1) is 5.41 Å². The SMILES string of the molecule is CN(C)C(=O)[C@]1(Cc2ccc(-c3cccs3)cc2)CCCN(C(=O)c2ccncc2)C1. The first-order chi connectivity index (χ1) is 15.0. The number of pyridine rings is 1. The summed E-state index contributed by atoms with van der Waals surface area (Å²) in [5, 5.41) is 2.07. The maximum Gasteiger partial charge on any atom is 0.253 e. The second kappa shape index (κ2) is 9.02. The third-order valence-electron chi connectivity index (χ3n) is 5.95. The highest BCUT2D eigenvalue weighted by Crippen LogP contribution is 2.36. The molecule has 0 N–H and O–H groups in total. The first kappa shape index (κ1) is 21.2. The van der Waals surface area contributed by atoms with E-state index in [1.807, 2.05) is 4.90 Å². The zero-order valence-electron chi connectivity index (χ0n) is 18.0. The van der Waals surface area contributed by atoms with Gasteiger partial charge in [-0.1, -0.05) is 30.3 Å². The van der Waals surface area contributed by atoms with Crippen molar-refractivity contribution in [2.75, 3.05) is 27.2 Å². The summed E-state index contributed by atoms with van der Waals surface area (Å²) >= 11 is 1.72. The van der Waals surface area contributed by atoms with Crippen molar-refractivity contribution >= 4 is 23.2 Å². The molecule has 2 aromatic heterocycles. The molecular formula is C25H27N3O2S. The fourth-order valence-electron chi connectivity index (χ4n) is 4.47. The lowest BCUT2D eigenvalue weighted by Gasteiger charge is -2.43. The number of carbonyl (C=O) groups excluding carboxylic acids is 2. The summed E-state index contributed by atoms with van der Waals surface area (Å²) in [5.41, 5.74) is 2.30. The molecule has 4 rings (SSSR count). The van der Waals surface area contributed by atoms with Gasteiger partial charge in [-0.25, -0.2) is 0 Å². The third kappa shape index (κ3) is 4.54. The van der Waals surface area contributed by atoms with Crippen LogP contribution in [-0.2, 0) is 11.2 Å². The Morgan fingerprint density at radius 2 is 1.84 bits per heavy atom. The number of carbonyl (C=O) groups is 2. The van der Waals surface area contributed by atoms with E-state index in [1.54, 1.807) is 54.9 Å². The van der Waals surface area contributed by atoms with E-state index >= 15 is 0 Å². The van der Waals surface area contributed by atoms with Crippen molar-refractivity contribution in [3.05, 3.63) is 77.4 Å². The van der Waals surface area contributed by atoms with Gasteiger partial charge in [-0.2, -0.15) is 0 Å². The Labute approximate surface area is 187 Å². The maximum absolute atomic E-state index is 13.4. The third-order valence-corrected chi connectivity index (χ3v) is 6.87. The van der Waals surface area contributed by atoms with Gasteiger partial charge < -0.3 is 9.80 Å². The van der Waals surface area contributed by atoms with Gasteiger partial charge in [-0.3, -0.25) is 14.6 Å². The van der Waals surface area contributed by atoms with Crippen LogP contribution in [0, 0.1) is 5.41 Å². The normalized spacial score (nSPS) is 18.6. The average molecular weight is 434 g/mol. The van der Waals surface area contributed by atoms with Crippen molar-refractivity contribution in [1.82, 2.24) is 14.8 Å². The quantitative estimate of drug-likeness (QED) is 0.601. The number of benzene rings is 1. The monoisotopic (exact) mass is 433 g/mol. The summed E-state index contributed by atoms with van der Waals surface area (Å²) in [6.07, 6.45) is 5.46. The second-order valence-electron chi connectivity index (χ2n) is 8.40. The molecule has 0 saturated carbocycles. The van der Waals surface area contributed by atoms with Crippen molar-refractivity contribution in [2.24, 2.45) is 5.41 Å². The standard InChI is InChI=1S/C25H27N3O2S/c1-27(2)24(30)25(17-19-6-8-20(9-7-19)22-5-3-16-31-22)12-4-15-28(18-25)23(29)21-10-13-26-14-11-21/h3,5-11,13-14,16H,4,12,15,17-18H2,1-2H3/t25-/m0/s1. The van der Waals surface area contributed by atoms with E-state index in [-0.39, 0.29) is 11.8 Å². The molecule has 3 aromatic rings. The highest BCUT2D eigenvalue weighted by molar-refractivity contribution is 7.13. The Morgan fingerprint density at radius 3 is 2.48 bits per heavy atom. The van der Waals surface area contributed by atoms with Crippen LogP contribution < -0.4 is 0 Å². The molecule has 1 aliphatic heterocycles. The van der Waals surface area contributed by atoms with E-state index in [4.69, 9.17) is 0 Å². The number of aromatic nitrogens is 1. The Balaban J connectivity index is 1.59. The predicted molar refractivity (Wildman–Crippen MR) is 124 cm³/mol. The minimum atomic E-state index is -0.616. The minimum absolute atomic E-state index is 0.0360. The van der Waals surface area contributed by atoms with Crippen LogP contribution in [0.3, 0.4) is 0 Å². The van der Waals surface area contributed by atoms with Crippen LogP contribution >= 0.6 is 11.3 Å². The van der Waals surface area contributed by atoms with Gasteiger partial charge in [-0.05, 0) is 54.0 Å². The Bertz CT molecular complexity index is 1030. The van der Waals surface area contributed by atoms with Gasteiger partial charge >= 0.3 is 0 Å². The van der Waals surface area contributed by atoms with Gasteiger partial charge in [0, 0.05) is 50.0 Å². The lowest BCUT2D eigenvalue weighted by atomic mass is 9.73. The van der Waals surface area contributed by atoms with Crippen LogP contribution in [0.15, 0.2) is 66.3 Å². The Hall–Kier alpha value is -2.99. The molecule has 0 aliphatic carbocycles. The molecule has 1 aliphatic rings. The Morgan fingerprint density at radius 1 is 1.10 bits per heavy atom. The van der Waals surface area contributed by atoms with Gasteiger partial charge in [0.25, 0.3) is 5.91 Å². The fraction of sp³-hybridized carbons (Fsp3) is 0.320. The van der Waals surface area contributed by atoms with E-state index in [1.165, 1.54) is 10.4 Å². The number of hydrogen-bond acceptors (Lipinski definition) is 4. The van der Waals surface area contributed by atoms with Crippen molar-refractivity contribution in [2.45, 2.75) is 19.3 Å². The van der Waals surface area contributed by atoms with Gasteiger partial charge in [0.15, 0.2) is 0 Å². The molecule has 160 valence electrons. The predicted octanol–water partition coefficient (Wildman–Crippen LogP) is 4.36. The van der Waals surface area contributed by atoms with Gasteiger partial charge in [-0.15, -0.1) is 11.3 Å². The lowest BCUT2D eigenvalue weighted by molar-refractivity contribution is -0.142. The largest absolute Gasteiger partial charge is 0.348 e. The van der Waals surface area contributed by atoms with E-state index in [2.05, 4.69) is 46.8 Å². The molecule has 31 heavy (non-hydrogen) atoms. The van der Waals surface area contributed by atoms with Crippen LogP contribution in [0.4, 0.5) is 0 Å². The summed E-state index contributed by atoms with van der Waals surface area (Å²) in [6.45, 7) is 1.10.